The zero-order valence-electron chi connectivity index (χ0n) is 13.6. The number of halogens is 1. The van der Waals surface area contributed by atoms with E-state index in [2.05, 4.69) is 35.0 Å². The molecule has 0 saturated carbocycles. The van der Waals surface area contributed by atoms with E-state index < -0.39 is 0 Å². The van der Waals surface area contributed by atoms with E-state index in [1.54, 1.807) is 0 Å². The molecule has 0 aromatic heterocycles. The molecule has 1 aliphatic rings. The summed E-state index contributed by atoms with van der Waals surface area (Å²) < 4.78 is 0. The van der Waals surface area contributed by atoms with Crippen molar-refractivity contribution in [3.05, 3.63) is 28.8 Å². The van der Waals surface area contributed by atoms with Crippen LogP contribution < -0.4 is 10.2 Å². The second-order valence-electron chi connectivity index (χ2n) is 5.90. The van der Waals surface area contributed by atoms with Crippen molar-refractivity contribution >= 4 is 23.2 Å². The lowest BCUT2D eigenvalue weighted by atomic mass is 10.1. The number of aryl methyl sites for hydroxylation is 1. The molecule has 2 rings (SSSR count). The third-order valence-electron chi connectivity index (χ3n) is 4.10. The van der Waals surface area contributed by atoms with E-state index in [9.17, 15) is 4.79 Å². The molecule has 0 unspecified atom stereocenters. The lowest BCUT2D eigenvalue weighted by molar-refractivity contribution is -0.122. The first kappa shape index (κ1) is 17.1. The molecule has 0 atom stereocenters. The molecule has 22 heavy (non-hydrogen) atoms. The maximum Gasteiger partial charge on any atom is 0.234 e. The third kappa shape index (κ3) is 4.89. The molecule has 5 heteroatoms. The molecule has 1 amide bonds. The maximum absolute atomic E-state index is 11.9. The van der Waals surface area contributed by atoms with Crippen molar-refractivity contribution in [2.24, 2.45) is 0 Å². The van der Waals surface area contributed by atoms with Crippen LogP contribution in [0.5, 0.6) is 0 Å². The normalized spacial score (nSPS) is 15.9. The average Bonchev–Trinajstić information content (AvgIpc) is 2.51. The monoisotopic (exact) mass is 323 g/mol. The first-order chi connectivity index (χ1) is 10.6. The highest BCUT2D eigenvalue weighted by atomic mass is 35.5. The predicted octanol–water partition coefficient (Wildman–Crippen LogP) is 2.69. The minimum atomic E-state index is 0.140. The minimum absolute atomic E-state index is 0.140. The van der Waals surface area contributed by atoms with Crippen molar-refractivity contribution in [3.8, 4) is 0 Å². The van der Waals surface area contributed by atoms with Crippen molar-refractivity contribution in [3.63, 3.8) is 0 Å². The Morgan fingerprint density at radius 3 is 2.68 bits per heavy atom. The Labute approximate surface area is 138 Å². The van der Waals surface area contributed by atoms with Crippen molar-refractivity contribution in [2.45, 2.75) is 26.7 Å². The highest BCUT2D eigenvalue weighted by Gasteiger charge is 2.20. The van der Waals surface area contributed by atoms with Crippen LogP contribution in [0.15, 0.2) is 18.2 Å². The van der Waals surface area contributed by atoms with Gasteiger partial charge in [0.05, 0.1) is 6.54 Å². The predicted molar refractivity (Wildman–Crippen MR) is 92.8 cm³/mol. The molecular formula is C17H26ClN3O. The van der Waals surface area contributed by atoms with Gasteiger partial charge >= 0.3 is 0 Å². The maximum atomic E-state index is 11.9. The average molecular weight is 324 g/mol. The largest absolute Gasteiger partial charge is 0.369 e. The van der Waals surface area contributed by atoms with Gasteiger partial charge in [-0.1, -0.05) is 31.0 Å². The molecule has 4 nitrogen and oxygen atoms in total. The molecule has 0 aliphatic carbocycles. The van der Waals surface area contributed by atoms with E-state index in [4.69, 9.17) is 11.6 Å². The summed E-state index contributed by atoms with van der Waals surface area (Å²) in [6, 6.07) is 6.02. The molecular weight excluding hydrogens is 298 g/mol. The first-order valence-corrected chi connectivity index (χ1v) is 8.48. The number of unbranched alkanes of at least 4 members (excludes halogenated alkanes) is 1. The van der Waals surface area contributed by atoms with Gasteiger partial charge in [-0.3, -0.25) is 9.69 Å². The standard InChI is InChI=1S/C17H26ClN3O/c1-3-4-7-19-17(22)13-20-8-10-21(11-9-20)16-12-15(18)6-5-14(16)2/h5-6,12H,3-4,7-11,13H2,1-2H3,(H,19,22). The highest BCUT2D eigenvalue weighted by molar-refractivity contribution is 6.30. The quantitative estimate of drug-likeness (QED) is 0.818. The molecule has 1 aliphatic heterocycles. The van der Waals surface area contributed by atoms with Gasteiger partial charge in [0, 0.05) is 43.4 Å². The molecule has 0 radical (unpaired) electrons. The summed E-state index contributed by atoms with van der Waals surface area (Å²) >= 11 is 6.10. The van der Waals surface area contributed by atoms with Crippen LogP contribution in [0.1, 0.15) is 25.3 Å². The Hall–Kier alpha value is -1.26. The van der Waals surface area contributed by atoms with Gasteiger partial charge in [0.1, 0.15) is 0 Å². The van der Waals surface area contributed by atoms with Crippen LogP contribution >= 0.6 is 11.6 Å². The number of carbonyl (C=O) groups is 1. The topological polar surface area (TPSA) is 35.6 Å². The van der Waals surface area contributed by atoms with E-state index in [0.717, 1.165) is 50.6 Å². The van der Waals surface area contributed by atoms with Gasteiger partial charge in [0.25, 0.3) is 0 Å². The SMILES string of the molecule is CCCCNC(=O)CN1CCN(c2cc(Cl)ccc2C)CC1. The fourth-order valence-corrected chi connectivity index (χ4v) is 2.90. The van der Waals surface area contributed by atoms with Crippen LogP contribution in [0.2, 0.25) is 5.02 Å². The van der Waals surface area contributed by atoms with Gasteiger partial charge in [0.2, 0.25) is 5.91 Å². The van der Waals surface area contributed by atoms with E-state index in [-0.39, 0.29) is 5.91 Å². The van der Waals surface area contributed by atoms with Crippen molar-refractivity contribution < 1.29 is 4.79 Å². The summed E-state index contributed by atoms with van der Waals surface area (Å²) in [5.74, 6) is 0.140. The summed E-state index contributed by atoms with van der Waals surface area (Å²) in [4.78, 5) is 16.4. The van der Waals surface area contributed by atoms with Crippen LogP contribution in [-0.4, -0.2) is 50.1 Å². The van der Waals surface area contributed by atoms with Crippen LogP contribution in [0.3, 0.4) is 0 Å². The van der Waals surface area contributed by atoms with Gasteiger partial charge in [-0.25, -0.2) is 0 Å². The van der Waals surface area contributed by atoms with Gasteiger partial charge < -0.3 is 10.2 Å². The molecule has 0 spiro atoms. The second kappa shape index (κ2) is 8.39. The van der Waals surface area contributed by atoms with Gasteiger partial charge in [-0.2, -0.15) is 0 Å². The van der Waals surface area contributed by atoms with Crippen LogP contribution in [-0.2, 0) is 4.79 Å². The zero-order valence-corrected chi connectivity index (χ0v) is 14.3. The third-order valence-corrected chi connectivity index (χ3v) is 4.34. The number of carbonyl (C=O) groups excluding carboxylic acids is 1. The summed E-state index contributed by atoms with van der Waals surface area (Å²) in [6.45, 7) is 9.22. The van der Waals surface area contributed by atoms with E-state index >= 15 is 0 Å². The number of piperazine rings is 1. The first-order valence-electron chi connectivity index (χ1n) is 8.10. The molecule has 1 saturated heterocycles. The van der Waals surface area contributed by atoms with Gasteiger partial charge in [-0.05, 0) is 31.0 Å². The molecule has 1 fully saturated rings. The number of anilines is 1. The van der Waals surface area contributed by atoms with Crippen molar-refractivity contribution in [2.75, 3.05) is 44.2 Å². The second-order valence-corrected chi connectivity index (χ2v) is 6.33. The Kier molecular flexibility index (Phi) is 6.52. The Morgan fingerprint density at radius 1 is 1.27 bits per heavy atom. The number of hydrogen-bond acceptors (Lipinski definition) is 3. The Morgan fingerprint density at radius 2 is 2.00 bits per heavy atom. The number of nitrogens with one attached hydrogen (secondary N) is 1. The van der Waals surface area contributed by atoms with Gasteiger partial charge in [0.15, 0.2) is 0 Å². The smallest absolute Gasteiger partial charge is 0.234 e. The van der Waals surface area contributed by atoms with Gasteiger partial charge in [-0.15, -0.1) is 0 Å². The molecule has 122 valence electrons. The summed E-state index contributed by atoms with van der Waals surface area (Å²) in [6.07, 6.45) is 2.16. The zero-order chi connectivity index (χ0) is 15.9. The van der Waals surface area contributed by atoms with Crippen LogP contribution in [0.25, 0.3) is 0 Å². The van der Waals surface area contributed by atoms with E-state index in [1.807, 2.05) is 12.1 Å². The fraction of sp³-hybridized carbons (Fsp3) is 0.588. The number of nitrogens with zero attached hydrogens (tertiary/aromatic N) is 2. The number of hydrogen-bond donors (Lipinski definition) is 1. The van der Waals surface area contributed by atoms with E-state index in [1.165, 1.54) is 11.3 Å². The highest BCUT2D eigenvalue weighted by Crippen LogP contribution is 2.25. The van der Waals surface area contributed by atoms with E-state index in [0.29, 0.717) is 6.54 Å². The summed E-state index contributed by atoms with van der Waals surface area (Å²) in [5, 5.41) is 3.75. The molecule has 0 bridgehead atoms. The number of rotatable bonds is 6. The molecule has 1 aromatic carbocycles. The lowest BCUT2D eigenvalue weighted by Crippen LogP contribution is -2.49. The van der Waals surface area contributed by atoms with Crippen LogP contribution in [0.4, 0.5) is 5.69 Å². The number of benzene rings is 1. The van der Waals surface area contributed by atoms with Crippen LogP contribution in [0, 0.1) is 6.92 Å². The van der Waals surface area contributed by atoms with Crippen molar-refractivity contribution in [1.29, 1.82) is 0 Å². The summed E-state index contributed by atoms with van der Waals surface area (Å²) in [7, 11) is 0. The summed E-state index contributed by atoms with van der Waals surface area (Å²) in [5.41, 5.74) is 2.45. The minimum Gasteiger partial charge on any atom is -0.369 e. The van der Waals surface area contributed by atoms with Crippen molar-refractivity contribution in [1.82, 2.24) is 10.2 Å². The fourth-order valence-electron chi connectivity index (χ4n) is 2.73. The Bertz CT molecular complexity index is 499. The number of amides is 1. The molecule has 1 N–H and O–H groups in total. The Balaban J connectivity index is 1.80. The molecule has 1 heterocycles. The lowest BCUT2D eigenvalue weighted by Gasteiger charge is -2.36. The molecule has 1 aromatic rings.